The number of carbonyl (C=O) groups excluding carboxylic acids is 2. The Labute approximate surface area is 121 Å². The Morgan fingerprint density at radius 2 is 2.29 bits per heavy atom. The lowest BCUT2D eigenvalue weighted by Crippen LogP contribution is -2.48. The number of piperidine rings is 1. The lowest BCUT2D eigenvalue weighted by atomic mass is 10.1. The minimum absolute atomic E-state index is 0.0246. The van der Waals surface area contributed by atoms with Crippen molar-refractivity contribution in [3.8, 4) is 0 Å². The molecule has 0 radical (unpaired) electrons. The van der Waals surface area contributed by atoms with Crippen LogP contribution in [0, 0.1) is 0 Å². The van der Waals surface area contributed by atoms with Gasteiger partial charge in [-0.2, -0.15) is 0 Å². The number of aromatic nitrogens is 1. The molecule has 0 bridgehead atoms. The summed E-state index contributed by atoms with van der Waals surface area (Å²) in [4.78, 5) is 37.8. The fraction of sp³-hybridized carbons (Fsp3) is 0.286. The molecule has 1 aromatic rings. The summed E-state index contributed by atoms with van der Waals surface area (Å²) in [6.45, 7) is 0.387. The van der Waals surface area contributed by atoms with Crippen molar-refractivity contribution in [3.63, 3.8) is 0 Å². The zero-order valence-electron chi connectivity index (χ0n) is 11.2. The first-order valence-corrected chi connectivity index (χ1v) is 6.50. The Morgan fingerprint density at radius 1 is 1.48 bits per heavy atom. The van der Waals surface area contributed by atoms with E-state index in [1.165, 1.54) is 12.3 Å². The third-order valence-corrected chi connectivity index (χ3v) is 3.06. The number of rotatable bonds is 4. The molecule has 0 saturated carbocycles. The largest absolute Gasteiger partial charge is 0.478 e. The van der Waals surface area contributed by atoms with E-state index in [-0.39, 0.29) is 23.6 Å². The molecule has 1 fully saturated rings. The Hall–Kier alpha value is -2.70. The van der Waals surface area contributed by atoms with Gasteiger partial charge < -0.3 is 15.7 Å². The summed E-state index contributed by atoms with van der Waals surface area (Å²) in [6, 6.07) is 3.09. The van der Waals surface area contributed by atoms with Gasteiger partial charge in [-0.15, -0.1) is 0 Å². The average Bonchev–Trinajstić information content (AvgIpc) is 2.47. The van der Waals surface area contributed by atoms with Crippen molar-refractivity contribution in [2.45, 2.75) is 18.9 Å². The highest BCUT2D eigenvalue weighted by Crippen LogP contribution is 2.10. The minimum atomic E-state index is -1.10. The van der Waals surface area contributed by atoms with Crippen molar-refractivity contribution in [3.05, 3.63) is 35.7 Å². The van der Waals surface area contributed by atoms with Crippen LogP contribution in [-0.4, -0.2) is 40.5 Å². The summed E-state index contributed by atoms with van der Waals surface area (Å²) in [5, 5.41) is 14.1. The molecule has 7 heteroatoms. The van der Waals surface area contributed by atoms with Gasteiger partial charge in [0.05, 0.1) is 0 Å². The SMILES string of the molecule is O=C(O)/C=C/c1cccnc1C(=O)NC1CCC(=O)NC1. The van der Waals surface area contributed by atoms with Gasteiger partial charge in [-0.05, 0) is 18.6 Å². The lowest BCUT2D eigenvalue weighted by Gasteiger charge is -2.23. The molecule has 0 aliphatic carbocycles. The lowest BCUT2D eigenvalue weighted by molar-refractivity contribution is -0.131. The summed E-state index contributed by atoms with van der Waals surface area (Å²) in [6.07, 6.45) is 4.70. The van der Waals surface area contributed by atoms with Gasteiger partial charge in [-0.1, -0.05) is 6.07 Å². The summed E-state index contributed by atoms with van der Waals surface area (Å²) in [5.74, 6) is -1.51. The Morgan fingerprint density at radius 3 is 2.95 bits per heavy atom. The summed E-state index contributed by atoms with van der Waals surface area (Å²) in [7, 11) is 0. The van der Waals surface area contributed by atoms with Crippen LogP contribution in [0.5, 0.6) is 0 Å². The predicted molar refractivity (Wildman–Crippen MR) is 74.4 cm³/mol. The molecule has 1 unspecified atom stereocenters. The Bertz CT molecular complexity index is 588. The number of carboxylic acids is 1. The molecule has 2 rings (SSSR count). The number of hydrogen-bond donors (Lipinski definition) is 3. The van der Waals surface area contributed by atoms with Crippen LogP contribution in [0.3, 0.4) is 0 Å². The van der Waals surface area contributed by atoms with Crippen molar-refractivity contribution in [2.75, 3.05) is 6.54 Å². The van der Waals surface area contributed by atoms with Crippen LogP contribution in [0.15, 0.2) is 24.4 Å². The van der Waals surface area contributed by atoms with Gasteiger partial charge >= 0.3 is 5.97 Å². The first-order chi connectivity index (χ1) is 10.1. The number of hydrogen-bond acceptors (Lipinski definition) is 4. The molecule has 1 aliphatic rings. The molecule has 21 heavy (non-hydrogen) atoms. The van der Waals surface area contributed by atoms with E-state index in [0.29, 0.717) is 24.9 Å². The molecule has 1 saturated heterocycles. The van der Waals surface area contributed by atoms with Crippen LogP contribution in [0.25, 0.3) is 6.08 Å². The monoisotopic (exact) mass is 289 g/mol. The first kappa shape index (κ1) is 14.7. The second-order valence-electron chi connectivity index (χ2n) is 4.63. The molecule has 1 aliphatic heterocycles. The molecule has 1 atom stereocenters. The molecule has 3 N–H and O–H groups in total. The number of nitrogens with one attached hydrogen (secondary N) is 2. The van der Waals surface area contributed by atoms with Crippen LogP contribution < -0.4 is 10.6 Å². The average molecular weight is 289 g/mol. The van der Waals surface area contributed by atoms with Crippen LogP contribution in [-0.2, 0) is 9.59 Å². The maximum absolute atomic E-state index is 12.2. The smallest absolute Gasteiger partial charge is 0.328 e. The van der Waals surface area contributed by atoms with E-state index < -0.39 is 5.97 Å². The van der Waals surface area contributed by atoms with Crippen LogP contribution in [0.4, 0.5) is 0 Å². The van der Waals surface area contributed by atoms with E-state index in [1.807, 2.05) is 0 Å². The van der Waals surface area contributed by atoms with Gasteiger partial charge in [0.2, 0.25) is 5.91 Å². The number of nitrogens with zero attached hydrogens (tertiary/aromatic N) is 1. The minimum Gasteiger partial charge on any atom is -0.478 e. The molecule has 0 spiro atoms. The van der Waals surface area contributed by atoms with Crippen LogP contribution in [0.2, 0.25) is 0 Å². The van der Waals surface area contributed by atoms with E-state index in [2.05, 4.69) is 15.6 Å². The van der Waals surface area contributed by atoms with E-state index >= 15 is 0 Å². The van der Waals surface area contributed by atoms with Gasteiger partial charge in [0, 0.05) is 36.8 Å². The topological polar surface area (TPSA) is 108 Å². The Balaban J connectivity index is 2.08. The zero-order valence-corrected chi connectivity index (χ0v) is 11.2. The molecule has 110 valence electrons. The highest BCUT2D eigenvalue weighted by Gasteiger charge is 2.21. The van der Waals surface area contributed by atoms with Crippen molar-refractivity contribution in [2.24, 2.45) is 0 Å². The molecule has 2 heterocycles. The van der Waals surface area contributed by atoms with Crippen LogP contribution in [0.1, 0.15) is 28.9 Å². The van der Waals surface area contributed by atoms with Gasteiger partial charge in [-0.25, -0.2) is 4.79 Å². The van der Waals surface area contributed by atoms with Crippen molar-refractivity contribution < 1.29 is 19.5 Å². The third-order valence-electron chi connectivity index (χ3n) is 3.06. The maximum atomic E-state index is 12.2. The molecular formula is C14H15N3O4. The standard InChI is InChI=1S/C14H15N3O4/c18-11-5-4-10(8-16-11)17-14(21)13-9(2-1-7-15-13)3-6-12(19)20/h1-3,6-7,10H,4-5,8H2,(H,16,18)(H,17,21)(H,19,20)/b6-3+. The van der Waals surface area contributed by atoms with Gasteiger partial charge in [-0.3, -0.25) is 14.6 Å². The molecule has 2 amide bonds. The van der Waals surface area contributed by atoms with Gasteiger partial charge in [0.1, 0.15) is 5.69 Å². The predicted octanol–water partition coefficient (Wildman–Crippen LogP) is 0.188. The van der Waals surface area contributed by atoms with E-state index in [4.69, 9.17) is 5.11 Å². The molecule has 0 aromatic carbocycles. The first-order valence-electron chi connectivity index (χ1n) is 6.50. The summed E-state index contributed by atoms with van der Waals surface area (Å²) in [5.41, 5.74) is 0.587. The van der Waals surface area contributed by atoms with Crippen molar-refractivity contribution in [1.82, 2.24) is 15.6 Å². The van der Waals surface area contributed by atoms with Crippen molar-refractivity contribution in [1.29, 1.82) is 0 Å². The van der Waals surface area contributed by atoms with Crippen molar-refractivity contribution >= 4 is 23.9 Å². The number of pyridine rings is 1. The second kappa shape index (κ2) is 6.65. The second-order valence-corrected chi connectivity index (χ2v) is 4.63. The summed E-state index contributed by atoms with van der Waals surface area (Å²) < 4.78 is 0. The van der Waals surface area contributed by atoms with E-state index in [1.54, 1.807) is 12.1 Å². The molecule has 7 nitrogen and oxygen atoms in total. The summed E-state index contributed by atoms with van der Waals surface area (Å²) >= 11 is 0. The highest BCUT2D eigenvalue weighted by molar-refractivity contribution is 5.97. The number of carboxylic acid groups (broad SMARTS) is 1. The maximum Gasteiger partial charge on any atom is 0.328 e. The molecular weight excluding hydrogens is 274 g/mol. The zero-order chi connectivity index (χ0) is 15.2. The van der Waals surface area contributed by atoms with E-state index in [0.717, 1.165) is 6.08 Å². The normalized spacial score (nSPS) is 18.3. The number of aliphatic carboxylic acids is 1. The quantitative estimate of drug-likeness (QED) is 0.686. The number of carbonyl (C=O) groups is 3. The van der Waals surface area contributed by atoms with Gasteiger partial charge in [0.15, 0.2) is 0 Å². The third kappa shape index (κ3) is 4.13. The molecule has 1 aromatic heterocycles. The number of amides is 2. The van der Waals surface area contributed by atoms with Gasteiger partial charge in [0.25, 0.3) is 5.91 Å². The Kier molecular flexibility index (Phi) is 4.65. The highest BCUT2D eigenvalue weighted by atomic mass is 16.4. The van der Waals surface area contributed by atoms with E-state index in [9.17, 15) is 14.4 Å². The van der Waals surface area contributed by atoms with Crippen LogP contribution >= 0.6 is 0 Å². The fourth-order valence-corrected chi connectivity index (χ4v) is 2.01. The fourth-order valence-electron chi connectivity index (χ4n) is 2.01.